The van der Waals surface area contributed by atoms with E-state index in [1.807, 2.05) is 0 Å². The average molecular weight is 247 g/mol. The van der Waals surface area contributed by atoms with Crippen molar-refractivity contribution in [2.24, 2.45) is 5.73 Å². The van der Waals surface area contributed by atoms with E-state index in [-0.39, 0.29) is 11.0 Å². The lowest BCUT2D eigenvalue weighted by Gasteiger charge is -2.46. The Kier molecular flexibility index (Phi) is 3.79. The highest BCUT2D eigenvalue weighted by Gasteiger charge is 2.41. The fourth-order valence-corrected chi connectivity index (χ4v) is 3.50. The van der Waals surface area contributed by atoms with Gasteiger partial charge in [-0.3, -0.25) is 0 Å². The van der Waals surface area contributed by atoms with Crippen molar-refractivity contribution >= 4 is 0 Å². The molecule has 100 valence electrons. The third-order valence-corrected chi connectivity index (χ3v) is 4.18. The molecule has 0 bridgehead atoms. The summed E-state index contributed by atoms with van der Waals surface area (Å²) in [5, 5.41) is 0. The van der Waals surface area contributed by atoms with E-state index in [2.05, 4.69) is 45.0 Å². The lowest BCUT2D eigenvalue weighted by Crippen LogP contribution is -2.45. The van der Waals surface area contributed by atoms with E-state index < -0.39 is 0 Å². The quantitative estimate of drug-likeness (QED) is 0.890. The summed E-state index contributed by atoms with van der Waals surface area (Å²) in [5.74, 6) is 0. The van der Waals surface area contributed by atoms with Crippen LogP contribution in [-0.4, -0.2) is 18.8 Å². The van der Waals surface area contributed by atoms with Crippen LogP contribution in [0.15, 0.2) is 24.3 Å². The second kappa shape index (κ2) is 5.02. The molecule has 1 unspecified atom stereocenters. The maximum atomic E-state index is 5.89. The predicted octanol–water partition coefficient (Wildman–Crippen LogP) is 3.17. The summed E-state index contributed by atoms with van der Waals surface area (Å²) in [6, 6.07) is 8.73. The Bertz CT molecular complexity index is 409. The Labute approximate surface area is 111 Å². The molecule has 0 saturated carbocycles. The molecule has 1 atom stereocenters. The molecule has 1 saturated heterocycles. The molecule has 1 aliphatic heterocycles. The van der Waals surface area contributed by atoms with Gasteiger partial charge in [0.1, 0.15) is 0 Å². The normalized spacial score (nSPS) is 27.1. The second-order valence-electron chi connectivity index (χ2n) is 6.17. The number of nitrogens with two attached hydrogens (primary N) is 1. The molecule has 1 fully saturated rings. The van der Waals surface area contributed by atoms with Crippen LogP contribution in [0.4, 0.5) is 0 Å². The number of hydrogen-bond acceptors (Lipinski definition) is 2. The largest absolute Gasteiger partial charge is 0.376 e. The van der Waals surface area contributed by atoms with Gasteiger partial charge >= 0.3 is 0 Å². The molecule has 1 aromatic carbocycles. The molecular formula is C16H25NO. The lowest BCUT2D eigenvalue weighted by molar-refractivity contribution is -0.0837. The molecule has 2 heteroatoms. The maximum absolute atomic E-state index is 5.89. The molecular weight excluding hydrogens is 222 g/mol. The summed E-state index contributed by atoms with van der Waals surface area (Å²) >= 11 is 0. The van der Waals surface area contributed by atoms with E-state index in [4.69, 9.17) is 10.5 Å². The van der Waals surface area contributed by atoms with Crippen LogP contribution in [0.25, 0.3) is 0 Å². The molecule has 0 spiro atoms. The van der Waals surface area contributed by atoms with Crippen LogP contribution >= 0.6 is 0 Å². The summed E-state index contributed by atoms with van der Waals surface area (Å²) in [4.78, 5) is 0. The van der Waals surface area contributed by atoms with Gasteiger partial charge in [-0.1, -0.05) is 24.3 Å². The number of hydrogen-bond donors (Lipinski definition) is 1. The summed E-state index contributed by atoms with van der Waals surface area (Å²) in [5.41, 5.74) is 8.87. The first-order valence-corrected chi connectivity index (χ1v) is 6.89. The van der Waals surface area contributed by atoms with Gasteiger partial charge in [-0.25, -0.2) is 0 Å². The van der Waals surface area contributed by atoms with Crippen molar-refractivity contribution in [2.45, 2.75) is 51.0 Å². The molecule has 0 radical (unpaired) electrons. The minimum absolute atomic E-state index is 0.0459. The van der Waals surface area contributed by atoms with E-state index in [0.717, 1.165) is 32.4 Å². The fraction of sp³-hybridized carbons (Fsp3) is 0.625. The van der Waals surface area contributed by atoms with E-state index in [1.165, 1.54) is 11.1 Å². The van der Waals surface area contributed by atoms with E-state index in [9.17, 15) is 0 Å². The third kappa shape index (κ3) is 2.60. The minimum atomic E-state index is -0.0459. The van der Waals surface area contributed by atoms with Gasteiger partial charge in [0.05, 0.1) is 5.60 Å². The second-order valence-corrected chi connectivity index (χ2v) is 6.17. The molecule has 2 nitrogen and oxygen atoms in total. The zero-order chi connectivity index (χ0) is 13.2. The monoisotopic (exact) mass is 247 g/mol. The summed E-state index contributed by atoms with van der Waals surface area (Å²) in [7, 11) is 0. The predicted molar refractivity (Wildman–Crippen MR) is 75.8 cm³/mol. The standard InChI is InChI=1S/C16H25NO/c1-13-6-4-5-7-14(13)16(8-10-17)9-11-18-15(2,3)12-16/h4-7H,8-12,17H2,1-3H3. The van der Waals surface area contributed by atoms with E-state index >= 15 is 0 Å². The Morgan fingerprint density at radius 3 is 2.61 bits per heavy atom. The Balaban J connectivity index is 2.41. The SMILES string of the molecule is Cc1ccccc1C1(CCN)CCOC(C)(C)C1. The van der Waals surface area contributed by atoms with Crippen molar-refractivity contribution in [2.75, 3.05) is 13.2 Å². The Morgan fingerprint density at radius 2 is 2.00 bits per heavy atom. The smallest absolute Gasteiger partial charge is 0.0635 e. The first kappa shape index (κ1) is 13.6. The number of aryl methyl sites for hydroxylation is 1. The first-order chi connectivity index (χ1) is 8.49. The van der Waals surface area contributed by atoms with Crippen LogP contribution in [0, 0.1) is 6.92 Å². The van der Waals surface area contributed by atoms with Crippen LogP contribution in [0.2, 0.25) is 0 Å². The minimum Gasteiger partial charge on any atom is -0.376 e. The van der Waals surface area contributed by atoms with Crippen LogP contribution in [0.3, 0.4) is 0 Å². The topological polar surface area (TPSA) is 35.2 Å². The van der Waals surface area contributed by atoms with Gasteiger partial charge in [0.15, 0.2) is 0 Å². The van der Waals surface area contributed by atoms with Crippen molar-refractivity contribution in [3.8, 4) is 0 Å². The van der Waals surface area contributed by atoms with Gasteiger partial charge < -0.3 is 10.5 Å². The van der Waals surface area contributed by atoms with Crippen molar-refractivity contribution in [3.63, 3.8) is 0 Å². The fourth-order valence-electron chi connectivity index (χ4n) is 3.50. The van der Waals surface area contributed by atoms with Gasteiger partial charge in [0.25, 0.3) is 0 Å². The van der Waals surface area contributed by atoms with Crippen LogP contribution < -0.4 is 5.73 Å². The van der Waals surface area contributed by atoms with Crippen molar-refractivity contribution in [1.29, 1.82) is 0 Å². The molecule has 2 N–H and O–H groups in total. The first-order valence-electron chi connectivity index (χ1n) is 6.89. The van der Waals surface area contributed by atoms with Gasteiger partial charge in [0.2, 0.25) is 0 Å². The zero-order valence-corrected chi connectivity index (χ0v) is 11.8. The van der Waals surface area contributed by atoms with Gasteiger partial charge in [-0.05, 0) is 57.7 Å². The highest BCUT2D eigenvalue weighted by atomic mass is 16.5. The molecule has 1 heterocycles. The van der Waals surface area contributed by atoms with Crippen LogP contribution in [0.1, 0.15) is 44.2 Å². The van der Waals surface area contributed by atoms with Gasteiger partial charge in [-0.2, -0.15) is 0 Å². The van der Waals surface area contributed by atoms with E-state index in [1.54, 1.807) is 0 Å². The van der Waals surface area contributed by atoms with Crippen molar-refractivity contribution in [1.82, 2.24) is 0 Å². The molecule has 0 aliphatic carbocycles. The third-order valence-electron chi connectivity index (χ3n) is 4.18. The molecule has 2 rings (SSSR count). The summed E-state index contributed by atoms with van der Waals surface area (Å²) < 4.78 is 5.89. The highest BCUT2D eigenvalue weighted by molar-refractivity contribution is 5.34. The summed E-state index contributed by atoms with van der Waals surface area (Å²) in [6.45, 7) is 8.16. The van der Waals surface area contributed by atoms with Crippen molar-refractivity contribution < 1.29 is 4.74 Å². The maximum Gasteiger partial charge on any atom is 0.0635 e. The van der Waals surface area contributed by atoms with Gasteiger partial charge in [0, 0.05) is 12.0 Å². The molecule has 0 amide bonds. The average Bonchev–Trinajstić information content (AvgIpc) is 2.28. The van der Waals surface area contributed by atoms with Crippen LogP contribution in [0.5, 0.6) is 0 Å². The Morgan fingerprint density at radius 1 is 1.28 bits per heavy atom. The van der Waals surface area contributed by atoms with Crippen molar-refractivity contribution in [3.05, 3.63) is 35.4 Å². The van der Waals surface area contributed by atoms with Gasteiger partial charge in [-0.15, -0.1) is 0 Å². The molecule has 0 aromatic heterocycles. The molecule has 1 aliphatic rings. The number of ether oxygens (including phenoxy) is 1. The van der Waals surface area contributed by atoms with E-state index in [0.29, 0.717) is 0 Å². The highest BCUT2D eigenvalue weighted by Crippen LogP contribution is 2.44. The Hall–Kier alpha value is -0.860. The zero-order valence-electron chi connectivity index (χ0n) is 11.8. The molecule has 18 heavy (non-hydrogen) atoms. The number of benzene rings is 1. The van der Waals surface area contributed by atoms with Crippen LogP contribution in [-0.2, 0) is 10.2 Å². The molecule has 1 aromatic rings. The number of rotatable bonds is 3. The lowest BCUT2D eigenvalue weighted by atomic mass is 9.66. The summed E-state index contributed by atoms with van der Waals surface area (Å²) in [6.07, 6.45) is 3.19.